The number of methoxy groups -OCH3 is 1. The summed E-state index contributed by atoms with van der Waals surface area (Å²) in [6.45, 7) is 11.2. The van der Waals surface area contributed by atoms with Gasteiger partial charge in [-0.05, 0) is 65.8 Å². The summed E-state index contributed by atoms with van der Waals surface area (Å²) in [7, 11) is 1.62. The van der Waals surface area contributed by atoms with Gasteiger partial charge in [-0.15, -0.1) is 0 Å². The van der Waals surface area contributed by atoms with Crippen molar-refractivity contribution in [3.8, 4) is 5.75 Å². The number of rotatable bonds is 3. The van der Waals surface area contributed by atoms with E-state index in [9.17, 15) is 4.79 Å². The molecule has 1 aliphatic heterocycles. The fourth-order valence-electron chi connectivity index (χ4n) is 2.82. The topological polar surface area (TPSA) is 60.4 Å². The SMILES string of the molecule is COc1ccc(N=C[C@H]2[C@H](C)OC(C)(C)N2C(=O)OC(C)(C)C)cc1. The molecule has 1 amide bonds. The minimum absolute atomic E-state index is 0.190. The molecule has 6 nitrogen and oxygen atoms in total. The molecule has 0 spiro atoms. The molecule has 2 atom stereocenters. The predicted molar refractivity (Wildman–Crippen MR) is 97.6 cm³/mol. The summed E-state index contributed by atoms with van der Waals surface area (Å²) in [5.74, 6) is 0.771. The van der Waals surface area contributed by atoms with Crippen molar-refractivity contribution in [2.24, 2.45) is 4.99 Å². The van der Waals surface area contributed by atoms with E-state index in [0.29, 0.717) is 0 Å². The Balaban J connectivity index is 2.22. The van der Waals surface area contributed by atoms with Gasteiger partial charge in [-0.3, -0.25) is 9.89 Å². The van der Waals surface area contributed by atoms with Crippen LogP contribution in [0.5, 0.6) is 5.75 Å². The number of aliphatic imine (C=N–C) groups is 1. The first-order valence-electron chi connectivity index (χ1n) is 8.42. The van der Waals surface area contributed by atoms with Crippen LogP contribution in [0.15, 0.2) is 29.3 Å². The monoisotopic (exact) mass is 348 g/mol. The Morgan fingerprint density at radius 1 is 1.28 bits per heavy atom. The molecule has 1 heterocycles. The van der Waals surface area contributed by atoms with Crippen LogP contribution >= 0.6 is 0 Å². The molecule has 1 aliphatic rings. The Hall–Kier alpha value is -2.08. The summed E-state index contributed by atoms with van der Waals surface area (Å²) in [4.78, 5) is 18.8. The molecule has 1 fully saturated rings. The fraction of sp³-hybridized carbons (Fsp3) is 0.579. The Kier molecular flexibility index (Phi) is 5.42. The normalized spacial score (nSPS) is 23.1. The van der Waals surface area contributed by atoms with Crippen molar-refractivity contribution in [1.82, 2.24) is 4.90 Å². The highest BCUT2D eigenvalue weighted by atomic mass is 16.6. The van der Waals surface area contributed by atoms with Gasteiger partial charge in [0.15, 0.2) is 0 Å². The van der Waals surface area contributed by atoms with E-state index in [4.69, 9.17) is 14.2 Å². The maximum Gasteiger partial charge on any atom is 0.413 e. The van der Waals surface area contributed by atoms with Gasteiger partial charge in [0.2, 0.25) is 0 Å². The molecule has 0 unspecified atom stereocenters. The quantitative estimate of drug-likeness (QED) is 0.770. The third-order valence-electron chi connectivity index (χ3n) is 3.87. The first-order valence-corrected chi connectivity index (χ1v) is 8.42. The van der Waals surface area contributed by atoms with Gasteiger partial charge in [0.05, 0.1) is 24.9 Å². The highest BCUT2D eigenvalue weighted by Crippen LogP contribution is 2.33. The molecule has 2 rings (SSSR count). The van der Waals surface area contributed by atoms with Crippen LogP contribution in [0.4, 0.5) is 10.5 Å². The minimum Gasteiger partial charge on any atom is -0.497 e. The van der Waals surface area contributed by atoms with Crippen LogP contribution < -0.4 is 4.74 Å². The van der Waals surface area contributed by atoms with E-state index < -0.39 is 17.4 Å². The number of ether oxygens (including phenoxy) is 3. The molecule has 0 radical (unpaired) electrons. The number of hydrogen-bond donors (Lipinski definition) is 0. The Labute approximate surface area is 149 Å². The molecule has 0 aromatic heterocycles. The summed E-state index contributed by atoms with van der Waals surface area (Å²) in [5, 5.41) is 0. The van der Waals surface area contributed by atoms with Gasteiger partial charge >= 0.3 is 6.09 Å². The third kappa shape index (κ3) is 4.72. The average Bonchev–Trinajstić information content (AvgIpc) is 2.72. The highest BCUT2D eigenvalue weighted by Gasteiger charge is 2.49. The highest BCUT2D eigenvalue weighted by molar-refractivity contribution is 5.79. The Morgan fingerprint density at radius 3 is 2.40 bits per heavy atom. The molecule has 138 valence electrons. The molecular weight excluding hydrogens is 320 g/mol. The summed E-state index contributed by atoms with van der Waals surface area (Å²) < 4.78 is 16.6. The summed E-state index contributed by atoms with van der Waals surface area (Å²) >= 11 is 0. The van der Waals surface area contributed by atoms with Crippen molar-refractivity contribution in [2.45, 2.75) is 65.0 Å². The molecule has 0 saturated carbocycles. The maximum atomic E-state index is 12.7. The molecule has 1 aromatic carbocycles. The lowest BCUT2D eigenvalue weighted by Crippen LogP contribution is -2.50. The number of carbonyl (C=O) groups is 1. The molecular formula is C19H28N2O4. The lowest BCUT2D eigenvalue weighted by atomic mass is 10.1. The third-order valence-corrected chi connectivity index (χ3v) is 3.87. The van der Waals surface area contributed by atoms with Gasteiger partial charge in [0.25, 0.3) is 0 Å². The van der Waals surface area contributed by atoms with Gasteiger partial charge in [0, 0.05) is 6.21 Å². The standard InChI is InChI=1S/C19H28N2O4/c1-13-16(12-20-14-8-10-15(23-7)11-9-14)21(19(5,6)24-13)17(22)25-18(2,3)4/h8-13,16H,1-7H3/t13-,16-/m0/s1. The lowest BCUT2D eigenvalue weighted by Gasteiger charge is -2.34. The number of hydrogen-bond acceptors (Lipinski definition) is 5. The summed E-state index contributed by atoms with van der Waals surface area (Å²) in [6.07, 6.45) is 1.14. The van der Waals surface area contributed by atoms with Crippen molar-refractivity contribution >= 4 is 18.0 Å². The zero-order chi connectivity index (χ0) is 18.8. The summed E-state index contributed by atoms with van der Waals surface area (Å²) in [5.41, 5.74) is -0.559. The Bertz CT molecular complexity index is 632. The van der Waals surface area contributed by atoms with Gasteiger partial charge in [-0.2, -0.15) is 0 Å². The smallest absolute Gasteiger partial charge is 0.413 e. The average molecular weight is 348 g/mol. The second kappa shape index (κ2) is 7.04. The number of carbonyl (C=O) groups excluding carboxylic acids is 1. The second-order valence-corrected chi connectivity index (χ2v) is 7.59. The molecule has 0 N–H and O–H groups in total. The Morgan fingerprint density at radius 2 is 1.88 bits per heavy atom. The van der Waals surface area contributed by atoms with Crippen LogP contribution in [0.1, 0.15) is 41.5 Å². The van der Waals surface area contributed by atoms with Crippen LogP contribution in [0.2, 0.25) is 0 Å². The first kappa shape index (κ1) is 19.2. The zero-order valence-electron chi connectivity index (χ0n) is 16.1. The van der Waals surface area contributed by atoms with Crippen LogP contribution in [-0.2, 0) is 9.47 Å². The zero-order valence-corrected chi connectivity index (χ0v) is 16.1. The lowest BCUT2D eigenvalue weighted by molar-refractivity contribution is -0.0749. The van der Waals surface area contributed by atoms with Crippen molar-refractivity contribution in [3.05, 3.63) is 24.3 Å². The molecule has 6 heteroatoms. The second-order valence-electron chi connectivity index (χ2n) is 7.59. The van der Waals surface area contributed by atoms with Crippen LogP contribution in [-0.4, -0.2) is 47.8 Å². The maximum absolute atomic E-state index is 12.7. The molecule has 0 bridgehead atoms. The molecule has 25 heavy (non-hydrogen) atoms. The van der Waals surface area contributed by atoms with E-state index in [1.807, 2.05) is 65.8 Å². The van der Waals surface area contributed by atoms with Gasteiger partial charge in [-0.1, -0.05) is 0 Å². The van der Waals surface area contributed by atoms with Crippen LogP contribution in [0.25, 0.3) is 0 Å². The minimum atomic E-state index is -0.766. The first-order chi connectivity index (χ1) is 11.5. The van der Waals surface area contributed by atoms with Crippen molar-refractivity contribution < 1.29 is 19.0 Å². The molecule has 0 aliphatic carbocycles. The number of benzene rings is 1. The predicted octanol–water partition coefficient (Wildman–Crippen LogP) is 4.16. The van der Waals surface area contributed by atoms with E-state index in [-0.39, 0.29) is 12.1 Å². The summed E-state index contributed by atoms with van der Waals surface area (Å²) in [6, 6.07) is 7.09. The number of amides is 1. The van der Waals surface area contributed by atoms with E-state index in [2.05, 4.69) is 4.99 Å². The van der Waals surface area contributed by atoms with Gasteiger partial charge < -0.3 is 14.2 Å². The van der Waals surface area contributed by atoms with Crippen molar-refractivity contribution in [1.29, 1.82) is 0 Å². The molecule has 1 aromatic rings. The van der Waals surface area contributed by atoms with E-state index in [1.165, 1.54) is 0 Å². The number of nitrogens with zero attached hydrogens (tertiary/aromatic N) is 2. The van der Waals surface area contributed by atoms with Crippen LogP contribution in [0, 0.1) is 0 Å². The van der Waals surface area contributed by atoms with Gasteiger partial charge in [-0.25, -0.2) is 4.79 Å². The van der Waals surface area contributed by atoms with Crippen molar-refractivity contribution in [3.63, 3.8) is 0 Å². The van der Waals surface area contributed by atoms with Crippen LogP contribution in [0.3, 0.4) is 0 Å². The van der Waals surface area contributed by atoms with Crippen molar-refractivity contribution in [2.75, 3.05) is 7.11 Å². The largest absolute Gasteiger partial charge is 0.497 e. The van der Waals surface area contributed by atoms with Gasteiger partial charge in [0.1, 0.15) is 17.1 Å². The molecule has 1 saturated heterocycles. The van der Waals surface area contributed by atoms with E-state index in [0.717, 1.165) is 11.4 Å². The van der Waals surface area contributed by atoms with E-state index >= 15 is 0 Å². The van der Waals surface area contributed by atoms with E-state index in [1.54, 1.807) is 18.2 Å². The fourth-order valence-corrected chi connectivity index (χ4v) is 2.82.